The van der Waals surface area contributed by atoms with E-state index in [1.165, 1.54) is 37.5 Å². The number of nitrogens with zero attached hydrogens (tertiary/aromatic N) is 3. The van der Waals surface area contributed by atoms with Crippen molar-refractivity contribution in [3.05, 3.63) is 6.07 Å². The van der Waals surface area contributed by atoms with Crippen LogP contribution in [-0.4, -0.2) is 42.5 Å². The molecule has 2 rings (SSSR count). The van der Waals surface area contributed by atoms with Crippen LogP contribution in [0.3, 0.4) is 0 Å². The van der Waals surface area contributed by atoms with Gasteiger partial charge in [-0.15, -0.1) is 0 Å². The number of likely N-dealkylation sites (N-methyl/N-ethyl adjacent to an activating group) is 1. The van der Waals surface area contributed by atoms with E-state index >= 15 is 0 Å². The van der Waals surface area contributed by atoms with E-state index in [0.717, 1.165) is 18.1 Å². The van der Waals surface area contributed by atoms with Crippen molar-refractivity contribution in [1.82, 2.24) is 9.27 Å². The largest absolute Gasteiger partial charge is 0.383 e. The van der Waals surface area contributed by atoms with Crippen LogP contribution >= 0.6 is 11.5 Å². The molecule has 1 aliphatic heterocycles. The molecule has 1 aliphatic rings. The molecule has 1 aromatic rings. The maximum Gasteiger partial charge on any atom is 0.139 e. The lowest BCUT2D eigenvalue weighted by atomic mass is 10.4. The van der Waals surface area contributed by atoms with Gasteiger partial charge in [-0.2, -0.15) is 4.37 Å². The van der Waals surface area contributed by atoms with E-state index in [9.17, 15) is 0 Å². The SMILES string of the molecule is CN(CCN1CCCC1)c1cc(N)ns1. The average Bonchev–Trinajstić information content (AvgIpc) is 2.84. The highest BCUT2D eigenvalue weighted by Crippen LogP contribution is 2.21. The summed E-state index contributed by atoms with van der Waals surface area (Å²) in [6, 6.07) is 1.94. The number of anilines is 2. The summed E-state index contributed by atoms with van der Waals surface area (Å²) in [6.45, 7) is 4.73. The highest BCUT2D eigenvalue weighted by Gasteiger charge is 2.12. The van der Waals surface area contributed by atoms with Crippen LogP contribution in [0, 0.1) is 0 Å². The van der Waals surface area contributed by atoms with Crippen molar-refractivity contribution >= 4 is 22.4 Å². The van der Waals surface area contributed by atoms with Crippen molar-refractivity contribution < 1.29 is 0 Å². The summed E-state index contributed by atoms with van der Waals surface area (Å²) in [5, 5.41) is 1.16. The Balaban J connectivity index is 1.79. The van der Waals surface area contributed by atoms with Crippen LogP contribution in [0.25, 0.3) is 0 Å². The molecule has 84 valence electrons. The van der Waals surface area contributed by atoms with Gasteiger partial charge in [0.2, 0.25) is 0 Å². The zero-order chi connectivity index (χ0) is 10.7. The van der Waals surface area contributed by atoms with Crippen LogP contribution in [0.1, 0.15) is 12.8 Å². The van der Waals surface area contributed by atoms with E-state index in [1.54, 1.807) is 0 Å². The normalized spacial score (nSPS) is 17.1. The Bertz CT molecular complexity index is 306. The van der Waals surface area contributed by atoms with Gasteiger partial charge in [0, 0.05) is 26.2 Å². The molecule has 0 saturated carbocycles. The summed E-state index contributed by atoms with van der Waals surface area (Å²) in [7, 11) is 2.10. The first-order valence-electron chi connectivity index (χ1n) is 5.41. The highest BCUT2D eigenvalue weighted by molar-refractivity contribution is 7.10. The third kappa shape index (κ3) is 2.82. The summed E-state index contributed by atoms with van der Waals surface area (Å²) < 4.78 is 4.08. The molecule has 0 aromatic carbocycles. The van der Waals surface area contributed by atoms with Gasteiger partial charge in [-0.25, -0.2) is 0 Å². The molecule has 1 fully saturated rings. The van der Waals surface area contributed by atoms with Crippen molar-refractivity contribution in [1.29, 1.82) is 0 Å². The van der Waals surface area contributed by atoms with Crippen LogP contribution < -0.4 is 10.6 Å². The maximum absolute atomic E-state index is 5.60. The Morgan fingerprint density at radius 1 is 1.53 bits per heavy atom. The van der Waals surface area contributed by atoms with Crippen molar-refractivity contribution in [3.63, 3.8) is 0 Å². The molecule has 0 radical (unpaired) electrons. The second-order valence-electron chi connectivity index (χ2n) is 4.06. The Labute approximate surface area is 94.8 Å². The minimum atomic E-state index is 0.628. The average molecular weight is 226 g/mol. The smallest absolute Gasteiger partial charge is 0.139 e. The number of hydrogen-bond donors (Lipinski definition) is 1. The number of hydrogen-bond acceptors (Lipinski definition) is 5. The lowest BCUT2D eigenvalue weighted by Gasteiger charge is -2.21. The summed E-state index contributed by atoms with van der Waals surface area (Å²) in [5.74, 6) is 0.628. The minimum absolute atomic E-state index is 0.628. The third-order valence-electron chi connectivity index (χ3n) is 2.84. The van der Waals surface area contributed by atoms with Gasteiger partial charge < -0.3 is 15.5 Å². The van der Waals surface area contributed by atoms with Gasteiger partial charge in [-0.3, -0.25) is 0 Å². The van der Waals surface area contributed by atoms with E-state index in [2.05, 4.69) is 21.2 Å². The van der Waals surface area contributed by atoms with Crippen molar-refractivity contribution in [2.45, 2.75) is 12.8 Å². The van der Waals surface area contributed by atoms with Gasteiger partial charge in [-0.05, 0) is 37.5 Å². The number of rotatable bonds is 4. The van der Waals surface area contributed by atoms with Crippen LogP contribution in [0.2, 0.25) is 0 Å². The molecule has 0 amide bonds. The third-order valence-corrected chi connectivity index (χ3v) is 3.76. The van der Waals surface area contributed by atoms with Crippen molar-refractivity contribution in [2.75, 3.05) is 43.9 Å². The lowest BCUT2D eigenvalue weighted by Crippen LogP contribution is -2.30. The zero-order valence-corrected chi connectivity index (χ0v) is 9.96. The zero-order valence-electron chi connectivity index (χ0n) is 9.15. The quantitative estimate of drug-likeness (QED) is 0.839. The first-order chi connectivity index (χ1) is 7.25. The Morgan fingerprint density at radius 2 is 2.27 bits per heavy atom. The number of nitrogens with two attached hydrogens (primary N) is 1. The molecule has 1 aromatic heterocycles. The molecule has 2 N–H and O–H groups in total. The fourth-order valence-electron chi connectivity index (χ4n) is 1.87. The lowest BCUT2D eigenvalue weighted by molar-refractivity contribution is 0.347. The molecule has 4 nitrogen and oxygen atoms in total. The van der Waals surface area contributed by atoms with E-state index in [-0.39, 0.29) is 0 Å². The molecule has 0 unspecified atom stereocenters. The van der Waals surface area contributed by atoms with Crippen LogP contribution in [0.15, 0.2) is 6.07 Å². The monoisotopic (exact) mass is 226 g/mol. The van der Waals surface area contributed by atoms with Gasteiger partial charge in [-0.1, -0.05) is 0 Å². The predicted octanol–water partition coefficient (Wildman–Crippen LogP) is 1.26. The van der Waals surface area contributed by atoms with Crippen LogP contribution in [0.4, 0.5) is 10.8 Å². The second kappa shape index (κ2) is 4.81. The molecule has 0 atom stereocenters. The maximum atomic E-state index is 5.60. The molecule has 0 spiro atoms. The molecular formula is C10H18N4S. The van der Waals surface area contributed by atoms with Crippen molar-refractivity contribution in [2.24, 2.45) is 0 Å². The molecule has 0 bridgehead atoms. The van der Waals surface area contributed by atoms with Crippen LogP contribution in [0.5, 0.6) is 0 Å². The van der Waals surface area contributed by atoms with Gasteiger partial charge in [0.25, 0.3) is 0 Å². The van der Waals surface area contributed by atoms with Gasteiger partial charge >= 0.3 is 0 Å². The number of likely N-dealkylation sites (tertiary alicyclic amines) is 1. The standard InChI is InChI=1S/C10H18N4S/c1-13(10-8-9(11)12-15-10)6-7-14-4-2-3-5-14/h8H,2-7H2,1H3,(H2,11,12). The Morgan fingerprint density at radius 3 is 2.87 bits per heavy atom. The van der Waals surface area contributed by atoms with Crippen LogP contribution in [-0.2, 0) is 0 Å². The molecule has 0 aliphatic carbocycles. The Hall–Kier alpha value is -0.810. The van der Waals surface area contributed by atoms with E-state index in [1.807, 2.05) is 6.07 Å². The molecule has 2 heterocycles. The molecule has 15 heavy (non-hydrogen) atoms. The fourth-order valence-corrected chi connectivity index (χ4v) is 2.52. The van der Waals surface area contributed by atoms with E-state index in [0.29, 0.717) is 5.82 Å². The van der Waals surface area contributed by atoms with Gasteiger partial charge in [0.05, 0.1) is 0 Å². The Kier molecular flexibility index (Phi) is 3.43. The topological polar surface area (TPSA) is 45.4 Å². The van der Waals surface area contributed by atoms with Gasteiger partial charge in [0.15, 0.2) is 0 Å². The fraction of sp³-hybridized carbons (Fsp3) is 0.700. The number of aromatic nitrogens is 1. The molecular weight excluding hydrogens is 208 g/mol. The van der Waals surface area contributed by atoms with Crippen molar-refractivity contribution in [3.8, 4) is 0 Å². The highest BCUT2D eigenvalue weighted by atomic mass is 32.1. The summed E-state index contributed by atoms with van der Waals surface area (Å²) >= 11 is 1.47. The molecule has 5 heteroatoms. The van der Waals surface area contributed by atoms with E-state index in [4.69, 9.17) is 5.73 Å². The summed E-state index contributed by atoms with van der Waals surface area (Å²) in [6.07, 6.45) is 2.72. The second-order valence-corrected chi connectivity index (χ2v) is 4.84. The first kappa shape index (κ1) is 10.7. The number of nitrogen functional groups attached to an aromatic ring is 1. The summed E-state index contributed by atoms with van der Waals surface area (Å²) in [5.41, 5.74) is 5.60. The van der Waals surface area contributed by atoms with Gasteiger partial charge in [0.1, 0.15) is 10.8 Å². The first-order valence-corrected chi connectivity index (χ1v) is 6.19. The predicted molar refractivity (Wildman–Crippen MR) is 65.5 cm³/mol. The molecule has 1 saturated heterocycles. The summed E-state index contributed by atoms with van der Waals surface area (Å²) in [4.78, 5) is 4.74. The minimum Gasteiger partial charge on any atom is -0.383 e. The van der Waals surface area contributed by atoms with E-state index < -0.39 is 0 Å².